The van der Waals surface area contributed by atoms with Gasteiger partial charge in [0.2, 0.25) is 5.91 Å². The summed E-state index contributed by atoms with van der Waals surface area (Å²) in [5.74, 6) is 0.0992. The molecule has 3 rings (SSSR count). The number of halogens is 1. The lowest BCUT2D eigenvalue weighted by atomic mass is 9.78. The fourth-order valence-electron chi connectivity index (χ4n) is 3.45. The van der Waals surface area contributed by atoms with E-state index in [9.17, 15) is 4.79 Å². The second kappa shape index (κ2) is 7.25. The number of benzene rings is 1. The van der Waals surface area contributed by atoms with Gasteiger partial charge in [0, 0.05) is 12.2 Å². The summed E-state index contributed by atoms with van der Waals surface area (Å²) in [6.45, 7) is 4.91. The second-order valence-corrected chi connectivity index (χ2v) is 6.12. The maximum Gasteiger partial charge on any atom is 0.238 e. The highest BCUT2D eigenvalue weighted by Crippen LogP contribution is 2.38. The third kappa shape index (κ3) is 4.19. The molecule has 0 atom stereocenters. The monoisotopic (exact) mass is 309 g/mol. The lowest BCUT2D eigenvalue weighted by molar-refractivity contribution is -0.117. The van der Waals surface area contributed by atoms with Gasteiger partial charge in [-0.1, -0.05) is 18.2 Å². The molecule has 1 amide bonds. The summed E-state index contributed by atoms with van der Waals surface area (Å²) >= 11 is 0. The Labute approximate surface area is 132 Å². The first-order valence-corrected chi connectivity index (χ1v) is 7.54. The predicted molar refractivity (Wildman–Crippen MR) is 87.9 cm³/mol. The van der Waals surface area contributed by atoms with Gasteiger partial charge in [-0.25, -0.2) is 0 Å². The van der Waals surface area contributed by atoms with Crippen LogP contribution in [0.4, 0.5) is 5.69 Å². The fraction of sp³-hybridized carbons (Fsp3) is 0.562. The van der Waals surface area contributed by atoms with Crippen LogP contribution >= 0.6 is 12.4 Å². The van der Waals surface area contributed by atoms with E-state index in [1.54, 1.807) is 0 Å². The molecule has 4 nitrogen and oxygen atoms in total. The Morgan fingerprint density at radius 3 is 2.62 bits per heavy atom. The topological polar surface area (TPSA) is 44.4 Å². The molecule has 2 N–H and O–H groups in total. The molecule has 0 aliphatic carbocycles. The Morgan fingerprint density at radius 2 is 1.90 bits per heavy atom. The number of amides is 1. The van der Waals surface area contributed by atoms with E-state index in [4.69, 9.17) is 0 Å². The molecule has 2 aliphatic rings. The van der Waals surface area contributed by atoms with Crippen LogP contribution in [0.5, 0.6) is 0 Å². The summed E-state index contributed by atoms with van der Waals surface area (Å²) in [6.07, 6.45) is 3.75. The van der Waals surface area contributed by atoms with E-state index in [0.29, 0.717) is 12.0 Å². The van der Waals surface area contributed by atoms with E-state index in [1.165, 1.54) is 19.3 Å². The molecule has 1 aromatic rings. The van der Waals surface area contributed by atoms with Crippen molar-refractivity contribution in [1.29, 1.82) is 0 Å². The standard InChI is InChI=1S/C16H23N3O.ClH/c20-15(18-14-4-2-1-3-5-14)12-19-11-8-16(13-19)6-9-17-10-7-16;/h1-5,17H,6-13H2,(H,18,20);1H. The zero-order valence-corrected chi connectivity index (χ0v) is 13.1. The molecule has 2 aliphatic heterocycles. The van der Waals surface area contributed by atoms with Crippen molar-refractivity contribution >= 4 is 24.0 Å². The van der Waals surface area contributed by atoms with E-state index >= 15 is 0 Å². The number of nitrogens with zero attached hydrogens (tertiary/aromatic N) is 1. The molecule has 0 saturated carbocycles. The molecule has 2 heterocycles. The van der Waals surface area contributed by atoms with Crippen LogP contribution in [0.2, 0.25) is 0 Å². The Balaban J connectivity index is 0.00000161. The molecule has 0 radical (unpaired) electrons. The highest BCUT2D eigenvalue weighted by atomic mass is 35.5. The molecule has 0 aromatic heterocycles. The van der Waals surface area contributed by atoms with Crippen LogP contribution in [-0.4, -0.2) is 43.5 Å². The maximum absolute atomic E-state index is 12.1. The van der Waals surface area contributed by atoms with Crippen LogP contribution in [0.25, 0.3) is 0 Å². The summed E-state index contributed by atoms with van der Waals surface area (Å²) in [6, 6.07) is 9.69. The molecule has 1 spiro atoms. The number of carbonyl (C=O) groups excluding carboxylic acids is 1. The van der Waals surface area contributed by atoms with E-state index in [2.05, 4.69) is 15.5 Å². The van der Waals surface area contributed by atoms with Gasteiger partial charge in [-0.3, -0.25) is 9.69 Å². The van der Waals surface area contributed by atoms with Gasteiger partial charge in [-0.05, 0) is 56.4 Å². The number of nitrogens with one attached hydrogen (secondary N) is 2. The molecule has 2 saturated heterocycles. The summed E-state index contributed by atoms with van der Waals surface area (Å²) in [4.78, 5) is 14.4. The van der Waals surface area contributed by atoms with Crippen LogP contribution in [0.1, 0.15) is 19.3 Å². The average Bonchev–Trinajstić information content (AvgIpc) is 2.83. The third-order valence-electron chi connectivity index (χ3n) is 4.61. The minimum atomic E-state index is 0. The summed E-state index contributed by atoms with van der Waals surface area (Å²) < 4.78 is 0. The summed E-state index contributed by atoms with van der Waals surface area (Å²) in [7, 11) is 0. The van der Waals surface area contributed by atoms with Crippen molar-refractivity contribution in [2.45, 2.75) is 19.3 Å². The molecule has 0 bridgehead atoms. The van der Waals surface area contributed by atoms with Gasteiger partial charge in [0.1, 0.15) is 0 Å². The fourth-order valence-corrected chi connectivity index (χ4v) is 3.45. The number of piperidine rings is 1. The van der Waals surface area contributed by atoms with Crippen molar-refractivity contribution in [2.24, 2.45) is 5.41 Å². The van der Waals surface area contributed by atoms with E-state index in [-0.39, 0.29) is 18.3 Å². The molecule has 1 aromatic carbocycles. The first-order chi connectivity index (χ1) is 9.76. The van der Waals surface area contributed by atoms with Crippen molar-refractivity contribution < 1.29 is 4.79 Å². The van der Waals surface area contributed by atoms with Gasteiger partial charge < -0.3 is 10.6 Å². The first kappa shape index (κ1) is 16.3. The molecular formula is C16H24ClN3O. The van der Waals surface area contributed by atoms with Crippen LogP contribution in [0.15, 0.2) is 30.3 Å². The van der Waals surface area contributed by atoms with Crippen LogP contribution < -0.4 is 10.6 Å². The lowest BCUT2D eigenvalue weighted by Crippen LogP contribution is -2.40. The van der Waals surface area contributed by atoms with E-state index < -0.39 is 0 Å². The van der Waals surface area contributed by atoms with Crippen molar-refractivity contribution in [3.05, 3.63) is 30.3 Å². The zero-order valence-electron chi connectivity index (χ0n) is 12.3. The number of carbonyl (C=O) groups is 1. The number of likely N-dealkylation sites (tertiary alicyclic amines) is 1. The summed E-state index contributed by atoms with van der Waals surface area (Å²) in [5.41, 5.74) is 1.35. The SMILES string of the molecule is Cl.O=C(CN1CCC2(CCNCC2)C1)Nc1ccccc1. The zero-order chi connectivity index (χ0) is 13.8. The summed E-state index contributed by atoms with van der Waals surface area (Å²) in [5, 5.41) is 6.39. The smallest absolute Gasteiger partial charge is 0.238 e. The Hall–Kier alpha value is -1.10. The highest BCUT2D eigenvalue weighted by Gasteiger charge is 2.39. The number of hydrogen-bond donors (Lipinski definition) is 2. The predicted octanol–water partition coefficient (Wildman–Crippen LogP) is 2.12. The van der Waals surface area contributed by atoms with Crippen molar-refractivity contribution in [3.8, 4) is 0 Å². The van der Waals surface area contributed by atoms with Crippen molar-refractivity contribution in [3.63, 3.8) is 0 Å². The van der Waals surface area contributed by atoms with Gasteiger partial charge in [-0.15, -0.1) is 12.4 Å². The largest absolute Gasteiger partial charge is 0.325 e. The van der Waals surface area contributed by atoms with Crippen LogP contribution in [0, 0.1) is 5.41 Å². The second-order valence-electron chi connectivity index (χ2n) is 6.12. The maximum atomic E-state index is 12.1. The van der Waals surface area contributed by atoms with Gasteiger partial charge in [0.05, 0.1) is 6.54 Å². The first-order valence-electron chi connectivity index (χ1n) is 7.54. The number of para-hydroxylation sites is 1. The minimum Gasteiger partial charge on any atom is -0.325 e. The van der Waals surface area contributed by atoms with Crippen molar-refractivity contribution in [1.82, 2.24) is 10.2 Å². The van der Waals surface area contributed by atoms with Gasteiger partial charge >= 0.3 is 0 Å². The lowest BCUT2D eigenvalue weighted by Gasteiger charge is -2.33. The molecular weight excluding hydrogens is 286 g/mol. The number of anilines is 1. The highest BCUT2D eigenvalue weighted by molar-refractivity contribution is 5.92. The average molecular weight is 310 g/mol. The molecule has 21 heavy (non-hydrogen) atoms. The number of rotatable bonds is 3. The number of hydrogen-bond acceptors (Lipinski definition) is 3. The Kier molecular flexibility index (Phi) is 5.62. The van der Waals surface area contributed by atoms with Gasteiger partial charge in [0.25, 0.3) is 0 Å². The van der Waals surface area contributed by atoms with Gasteiger partial charge in [0.15, 0.2) is 0 Å². The molecule has 116 valence electrons. The Bertz CT molecular complexity index is 460. The Morgan fingerprint density at radius 1 is 1.19 bits per heavy atom. The molecule has 0 unspecified atom stereocenters. The third-order valence-corrected chi connectivity index (χ3v) is 4.61. The van der Waals surface area contributed by atoms with Gasteiger partial charge in [-0.2, -0.15) is 0 Å². The minimum absolute atomic E-state index is 0. The van der Waals surface area contributed by atoms with Crippen LogP contribution in [0.3, 0.4) is 0 Å². The normalized spacial score (nSPS) is 21.0. The van der Waals surface area contributed by atoms with E-state index in [1.807, 2.05) is 30.3 Å². The van der Waals surface area contributed by atoms with Crippen molar-refractivity contribution in [2.75, 3.05) is 38.0 Å². The van der Waals surface area contributed by atoms with E-state index in [0.717, 1.165) is 31.9 Å². The molecule has 5 heteroatoms. The molecule has 2 fully saturated rings. The van der Waals surface area contributed by atoms with Crippen LogP contribution in [-0.2, 0) is 4.79 Å². The quantitative estimate of drug-likeness (QED) is 0.899.